The van der Waals surface area contributed by atoms with Crippen LogP contribution in [-0.4, -0.2) is 38.1 Å². The summed E-state index contributed by atoms with van der Waals surface area (Å²) in [5.41, 5.74) is 1.27. The average Bonchev–Trinajstić information content (AvgIpc) is 2.37. The Kier molecular flexibility index (Phi) is 6.33. The van der Waals surface area contributed by atoms with Crippen molar-refractivity contribution in [3.8, 4) is 0 Å². The van der Waals surface area contributed by atoms with E-state index >= 15 is 0 Å². The van der Waals surface area contributed by atoms with E-state index in [1.54, 1.807) is 12.0 Å². The standard InChI is InChI=1S/C14H21NO2/c1-15(14(16)9-6-12-17-2)11-10-13-7-4-3-5-8-13/h3-5,7-8H,6,9-12H2,1-2H3. The Labute approximate surface area is 103 Å². The van der Waals surface area contributed by atoms with Gasteiger partial charge in [-0.3, -0.25) is 4.79 Å². The van der Waals surface area contributed by atoms with Crippen LogP contribution in [0.3, 0.4) is 0 Å². The number of methoxy groups -OCH3 is 1. The normalized spacial score (nSPS) is 10.2. The summed E-state index contributed by atoms with van der Waals surface area (Å²) in [6.45, 7) is 1.42. The largest absolute Gasteiger partial charge is 0.385 e. The number of rotatable bonds is 7. The average molecular weight is 235 g/mol. The van der Waals surface area contributed by atoms with Gasteiger partial charge in [-0.25, -0.2) is 0 Å². The van der Waals surface area contributed by atoms with Crippen molar-refractivity contribution >= 4 is 5.91 Å². The van der Waals surface area contributed by atoms with Gasteiger partial charge >= 0.3 is 0 Å². The molecule has 0 aliphatic carbocycles. The summed E-state index contributed by atoms with van der Waals surface area (Å²) < 4.78 is 4.93. The molecule has 0 spiro atoms. The number of carbonyl (C=O) groups excluding carboxylic acids is 1. The third-order valence-corrected chi connectivity index (χ3v) is 2.74. The van der Waals surface area contributed by atoms with Gasteiger partial charge in [0.2, 0.25) is 5.91 Å². The van der Waals surface area contributed by atoms with Crippen LogP contribution in [0.2, 0.25) is 0 Å². The summed E-state index contributed by atoms with van der Waals surface area (Å²) in [5, 5.41) is 0. The lowest BCUT2D eigenvalue weighted by Gasteiger charge is -2.17. The van der Waals surface area contributed by atoms with Gasteiger partial charge in [0.25, 0.3) is 0 Å². The Morgan fingerprint density at radius 3 is 2.65 bits per heavy atom. The van der Waals surface area contributed by atoms with Crippen molar-refractivity contribution in [2.75, 3.05) is 27.3 Å². The molecule has 3 heteroatoms. The summed E-state index contributed by atoms with van der Waals surface area (Å²) in [7, 11) is 3.52. The molecule has 0 aliphatic rings. The van der Waals surface area contributed by atoms with Crippen molar-refractivity contribution in [2.45, 2.75) is 19.3 Å². The van der Waals surface area contributed by atoms with Crippen molar-refractivity contribution in [3.05, 3.63) is 35.9 Å². The summed E-state index contributed by atoms with van der Waals surface area (Å²) >= 11 is 0. The zero-order valence-electron chi connectivity index (χ0n) is 10.7. The van der Waals surface area contributed by atoms with E-state index in [1.807, 2.05) is 25.2 Å². The lowest BCUT2D eigenvalue weighted by atomic mass is 10.1. The molecule has 1 rings (SSSR count). The molecule has 0 bridgehead atoms. The second kappa shape index (κ2) is 7.85. The molecule has 0 N–H and O–H groups in total. The number of hydrogen-bond acceptors (Lipinski definition) is 2. The molecule has 1 aromatic rings. The summed E-state index contributed by atoms with van der Waals surface area (Å²) in [6.07, 6.45) is 2.28. The highest BCUT2D eigenvalue weighted by Crippen LogP contribution is 2.02. The Hall–Kier alpha value is -1.35. The number of likely N-dealkylation sites (N-methyl/N-ethyl adjacent to an activating group) is 1. The van der Waals surface area contributed by atoms with Gasteiger partial charge in [0, 0.05) is 33.7 Å². The SMILES string of the molecule is COCCCC(=O)N(C)CCc1ccccc1. The van der Waals surface area contributed by atoms with E-state index in [2.05, 4.69) is 12.1 Å². The molecule has 3 nitrogen and oxygen atoms in total. The molecule has 0 unspecified atom stereocenters. The summed E-state index contributed by atoms with van der Waals surface area (Å²) in [6, 6.07) is 10.2. The fourth-order valence-corrected chi connectivity index (χ4v) is 1.62. The van der Waals surface area contributed by atoms with Crippen LogP contribution in [0, 0.1) is 0 Å². The first-order valence-electron chi connectivity index (χ1n) is 6.01. The predicted octanol–water partition coefficient (Wildman–Crippen LogP) is 2.11. The van der Waals surface area contributed by atoms with Crippen molar-refractivity contribution in [3.63, 3.8) is 0 Å². The topological polar surface area (TPSA) is 29.5 Å². The van der Waals surface area contributed by atoms with Crippen molar-refractivity contribution < 1.29 is 9.53 Å². The van der Waals surface area contributed by atoms with Gasteiger partial charge in [-0.05, 0) is 18.4 Å². The molecule has 0 heterocycles. The summed E-state index contributed by atoms with van der Waals surface area (Å²) in [5.74, 6) is 0.193. The van der Waals surface area contributed by atoms with E-state index in [1.165, 1.54) is 5.56 Å². The number of nitrogens with zero attached hydrogens (tertiary/aromatic N) is 1. The van der Waals surface area contributed by atoms with Gasteiger partial charge < -0.3 is 9.64 Å². The lowest BCUT2D eigenvalue weighted by Crippen LogP contribution is -2.28. The van der Waals surface area contributed by atoms with Gasteiger partial charge in [-0.15, -0.1) is 0 Å². The maximum absolute atomic E-state index is 11.7. The first kappa shape index (κ1) is 13.7. The van der Waals surface area contributed by atoms with E-state index in [0.29, 0.717) is 13.0 Å². The third kappa shape index (κ3) is 5.50. The van der Waals surface area contributed by atoms with Gasteiger partial charge in [-0.2, -0.15) is 0 Å². The first-order chi connectivity index (χ1) is 8.24. The van der Waals surface area contributed by atoms with E-state index in [0.717, 1.165) is 19.4 Å². The van der Waals surface area contributed by atoms with Crippen LogP contribution in [0.1, 0.15) is 18.4 Å². The molecule has 17 heavy (non-hydrogen) atoms. The third-order valence-electron chi connectivity index (χ3n) is 2.74. The second-order valence-corrected chi connectivity index (χ2v) is 4.15. The zero-order valence-corrected chi connectivity index (χ0v) is 10.7. The number of amides is 1. The Morgan fingerprint density at radius 1 is 1.29 bits per heavy atom. The highest BCUT2D eigenvalue weighted by atomic mass is 16.5. The van der Waals surface area contributed by atoms with Crippen LogP contribution >= 0.6 is 0 Å². The van der Waals surface area contributed by atoms with Crippen LogP contribution in [0.5, 0.6) is 0 Å². The molecule has 0 aliphatic heterocycles. The highest BCUT2D eigenvalue weighted by molar-refractivity contribution is 5.75. The van der Waals surface area contributed by atoms with Crippen LogP contribution in [0.15, 0.2) is 30.3 Å². The van der Waals surface area contributed by atoms with Gasteiger partial charge in [0.05, 0.1) is 0 Å². The molecule has 0 saturated carbocycles. The molecule has 1 aromatic carbocycles. The molecular weight excluding hydrogens is 214 g/mol. The number of ether oxygens (including phenoxy) is 1. The number of carbonyl (C=O) groups is 1. The molecule has 1 amide bonds. The molecule has 94 valence electrons. The zero-order chi connectivity index (χ0) is 12.5. The highest BCUT2D eigenvalue weighted by Gasteiger charge is 2.07. The van der Waals surface area contributed by atoms with Crippen LogP contribution < -0.4 is 0 Å². The minimum Gasteiger partial charge on any atom is -0.385 e. The number of hydrogen-bond donors (Lipinski definition) is 0. The maximum Gasteiger partial charge on any atom is 0.222 e. The molecule has 0 fully saturated rings. The van der Waals surface area contributed by atoms with E-state index in [-0.39, 0.29) is 5.91 Å². The Balaban J connectivity index is 2.24. The summed E-state index contributed by atoms with van der Waals surface area (Å²) in [4.78, 5) is 13.5. The van der Waals surface area contributed by atoms with Crippen molar-refractivity contribution in [1.82, 2.24) is 4.90 Å². The minimum absolute atomic E-state index is 0.193. The molecule has 0 saturated heterocycles. The monoisotopic (exact) mass is 235 g/mol. The number of benzene rings is 1. The smallest absolute Gasteiger partial charge is 0.222 e. The quantitative estimate of drug-likeness (QED) is 0.677. The van der Waals surface area contributed by atoms with Crippen LogP contribution in [0.4, 0.5) is 0 Å². The van der Waals surface area contributed by atoms with Gasteiger partial charge in [-0.1, -0.05) is 30.3 Å². The van der Waals surface area contributed by atoms with E-state index < -0.39 is 0 Å². The minimum atomic E-state index is 0.193. The second-order valence-electron chi connectivity index (χ2n) is 4.15. The molecule has 0 atom stereocenters. The maximum atomic E-state index is 11.7. The van der Waals surface area contributed by atoms with Gasteiger partial charge in [0.1, 0.15) is 0 Å². The van der Waals surface area contributed by atoms with E-state index in [4.69, 9.17) is 4.74 Å². The first-order valence-corrected chi connectivity index (χ1v) is 6.01. The van der Waals surface area contributed by atoms with Crippen LogP contribution in [0.25, 0.3) is 0 Å². The van der Waals surface area contributed by atoms with Crippen molar-refractivity contribution in [1.29, 1.82) is 0 Å². The predicted molar refractivity (Wildman–Crippen MR) is 68.9 cm³/mol. The van der Waals surface area contributed by atoms with Gasteiger partial charge in [0.15, 0.2) is 0 Å². The fraction of sp³-hybridized carbons (Fsp3) is 0.500. The van der Waals surface area contributed by atoms with Crippen LogP contribution in [-0.2, 0) is 16.0 Å². The van der Waals surface area contributed by atoms with E-state index in [9.17, 15) is 4.79 Å². The molecular formula is C14H21NO2. The Morgan fingerprint density at radius 2 is 2.00 bits per heavy atom. The van der Waals surface area contributed by atoms with Crippen molar-refractivity contribution in [2.24, 2.45) is 0 Å². The molecule has 0 radical (unpaired) electrons. The Bertz CT molecular complexity index is 324. The molecule has 0 aromatic heterocycles. The fourth-order valence-electron chi connectivity index (χ4n) is 1.62. The lowest BCUT2D eigenvalue weighted by molar-refractivity contribution is -0.130.